The number of hydrogen-bond acceptors (Lipinski definition) is 3. The molecule has 0 heterocycles. The molecule has 0 aliphatic rings. The summed E-state index contributed by atoms with van der Waals surface area (Å²) in [7, 11) is 0. The summed E-state index contributed by atoms with van der Waals surface area (Å²) in [5.74, 6) is -1.13. The van der Waals surface area contributed by atoms with Crippen molar-refractivity contribution in [3.8, 4) is 0 Å². The summed E-state index contributed by atoms with van der Waals surface area (Å²) in [5, 5.41) is 11.7. The molecule has 0 aliphatic heterocycles. The van der Waals surface area contributed by atoms with Gasteiger partial charge in [-0.2, -0.15) is 0 Å². The number of carbonyl (C=O) groups excluding carboxylic acids is 1. The molecular weight excluding hydrogens is 364 g/mol. The van der Waals surface area contributed by atoms with Gasteiger partial charge in [0.25, 0.3) is 0 Å². The van der Waals surface area contributed by atoms with Crippen LogP contribution in [0, 0.1) is 0 Å². The van der Waals surface area contributed by atoms with Gasteiger partial charge in [0.05, 0.1) is 0 Å². The van der Waals surface area contributed by atoms with Crippen LogP contribution < -0.4 is 11.1 Å². The third kappa shape index (κ3) is 20.0. The molecule has 5 heteroatoms. The van der Waals surface area contributed by atoms with E-state index >= 15 is 0 Å². The van der Waals surface area contributed by atoms with E-state index in [2.05, 4.69) is 12.2 Å². The van der Waals surface area contributed by atoms with E-state index in [1.165, 1.54) is 89.9 Å². The Labute approximate surface area is 179 Å². The molecule has 0 aromatic heterocycles. The highest BCUT2D eigenvalue weighted by atomic mass is 16.4. The summed E-state index contributed by atoms with van der Waals surface area (Å²) >= 11 is 0. The van der Waals surface area contributed by atoms with E-state index < -0.39 is 12.0 Å². The minimum atomic E-state index is -0.973. The number of carboxylic acid groups (broad SMARTS) is 1. The van der Waals surface area contributed by atoms with Crippen LogP contribution in [-0.4, -0.2) is 29.6 Å². The predicted molar refractivity (Wildman–Crippen MR) is 122 cm³/mol. The van der Waals surface area contributed by atoms with Crippen LogP contribution in [0.2, 0.25) is 0 Å². The van der Waals surface area contributed by atoms with Crippen molar-refractivity contribution in [1.82, 2.24) is 5.32 Å². The zero-order valence-electron chi connectivity index (χ0n) is 19.1. The topological polar surface area (TPSA) is 92.4 Å². The fraction of sp³-hybridized carbons (Fsp3) is 0.917. The average molecular weight is 413 g/mol. The van der Waals surface area contributed by atoms with Gasteiger partial charge in [-0.05, 0) is 25.8 Å². The van der Waals surface area contributed by atoms with Gasteiger partial charge in [-0.3, -0.25) is 4.79 Å². The minimum absolute atomic E-state index is 0.153. The Hall–Kier alpha value is -1.10. The molecule has 4 N–H and O–H groups in total. The monoisotopic (exact) mass is 412 g/mol. The second-order valence-electron chi connectivity index (χ2n) is 8.44. The molecule has 0 saturated heterocycles. The molecule has 1 atom stereocenters. The Kier molecular flexibility index (Phi) is 20.8. The maximum absolute atomic E-state index is 11.9. The molecule has 0 aliphatic carbocycles. The fourth-order valence-corrected chi connectivity index (χ4v) is 3.68. The number of nitrogens with two attached hydrogens (primary N) is 1. The number of nitrogens with one attached hydrogen (secondary N) is 1. The lowest BCUT2D eigenvalue weighted by molar-refractivity contribution is -0.142. The van der Waals surface area contributed by atoms with Crippen molar-refractivity contribution in [1.29, 1.82) is 0 Å². The molecule has 0 rings (SSSR count). The van der Waals surface area contributed by atoms with Gasteiger partial charge < -0.3 is 16.2 Å². The van der Waals surface area contributed by atoms with Crippen molar-refractivity contribution in [2.45, 2.75) is 135 Å². The number of aliphatic carboxylic acids is 1. The second-order valence-corrected chi connectivity index (χ2v) is 8.44. The average Bonchev–Trinajstić information content (AvgIpc) is 2.70. The highest BCUT2D eigenvalue weighted by Gasteiger charge is 2.18. The highest BCUT2D eigenvalue weighted by molar-refractivity contribution is 5.83. The first-order valence-corrected chi connectivity index (χ1v) is 12.3. The zero-order valence-corrected chi connectivity index (χ0v) is 19.1. The Morgan fingerprint density at radius 2 is 1.14 bits per heavy atom. The highest BCUT2D eigenvalue weighted by Crippen LogP contribution is 2.14. The molecule has 1 amide bonds. The van der Waals surface area contributed by atoms with Gasteiger partial charge in [-0.15, -0.1) is 0 Å². The van der Waals surface area contributed by atoms with E-state index in [1.807, 2.05) is 0 Å². The standard InChI is InChI=1S/C24H48N2O3/c1-2-3-4-5-6-7-8-9-10-11-12-13-14-15-16-17-20-23(27)26-22(24(28)29)19-18-21-25/h22H,2-21,25H2,1H3,(H,26,27)(H,28,29)/t22-/m0/s1. The van der Waals surface area contributed by atoms with Crippen molar-refractivity contribution < 1.29 is 14.7 Å². The lowest BCUT2D eigenvalue weighted by atomic mass is 10.0. The number of carboxylic acids is 1. The fourth-order valence-electron chi connectivity index (χ4n) is 3.68. The molecule has 0 unspecified atom stereocenters. The summed E-state index contributed by atoms with van der Waals surface area (Å²) in [4.78, 5) is 23.0. The third-order valence-corrected chi connectivity index (χ3v) is 5.59. The molecule has 0 saturated carbocycles. The Bertz CT molecular complexity index is 388. The maximum Gasteiger partial charge on any atom is 0.326 e. The molecule has 29 heavy (non-hydrogen) atoms. The van der Waals surface area contributed by atoms with Gasteiger partial charge >= 0.3 is 5.97 Å². The lowest BCUT2D eigenvalue weighted by Gasteiger charge is -2.13. The maximum atomic E-state index is 11.9. The molecule has 5 nitrogen and oxygen atoms in total. The molecule has 0 bridgehead atoms. The first kappa shape index (κ1) is 27.9. The summed E-state index contributed by atoms with van der Waals surface area (Å²) in [6, 6.07) is -0.799. The number of amides is 1. The summed E-state index contributed by atoms with van der Waals surface area (Å²) in [6.45, 7) is 2.71. The largest absolute Gasteiger partial charge is 0.480 e. The lowest BCUT2D eigenvalue weighted by Crippen LogP contribution is -2.40. The van der Waals surface area contributed by atoms with Crippen LogP contribution in [0.15, 0.2) is 0 Å². The van der Waals surface area contributed by atoms with Gasteiger partial charge in [0.1, 0.15) is 6.04 Å². The van der Waals surface area contributed by atoms with E-state index in [0.29, 0.717) is 25.8 Å². The van der Waals surface area contributed by atoms with Crippen LogP contribution in [0.3, 0.4) is 0 Å². The first-order chi connectivity index (χ1) is 14.1. The van der Waals surface area contributed by atoms with Crippen molar-refractivity contribution >= 4 is 11.9 Å². The normalized spacial score (nSPS) is 12.1. The van der Waals surface area contributed by atoms with Crippen LogP contribution in [-0.2, 0) is 9.59 Å². The van der Waals surface area contributed by atoms with E-state index in [0.717, 1.165) is 12.8 Å². The summed E-state index contributed by atoms with van der Waals surface area (Å²) in [6.07, 6.45) is 22.3. The molecule has 0 fully saturated rings. The van der Waals surface area contributed by atoms with E-state index in [4.69, 9.17) is 10.8 Å². The van der Waals surface area contributed by atoms with Gasteiger partial charge in [-0.25, -0.2) is 4.79 Å². The van der Waals surface area contributed by atoms with Crippen LogP contribution in [0.1, 0.15) is 129 Å². The number of rotatable bonds is 22. The van der Waals surface area contributed by atoms with E-state index in [1.54, 1.807) is 0 Å². The minimum Gasteiger partial charge on any atom is -0.480 e. The second kappa shape index (κ2) is 21.6. The van der Waals surface area contributed by atoms with Crippen LogP contribution in [0.5, 0.6) is 0 Å². The van der Waals surface area contributed by atoms with Crippen LogP contribution in [0.25, 0.3) is 0 Å². The van der Waals surface area contributed by atoms with Crippen molar-refractivity contribution in [2.75, 3.05) is 6.54 Å². The number of unbranched alkanes of at least 4 members (excludes halogenated alkanes) is 15. The molecule has 0 radical (unpaired) electrons. The van der Waals surface area contributed by atoms with E-state index in [-0.39, 0.29) is 5.91 Å². The van der Waals surface area contributed by atoms with Gasteiger partial charge in [0, 0.05) is 6.42 Å². The van der Waals surface area contributed by atoms with Crippen molar-refractivity contribution in [2.24, 2.45) is 5.73 Å². The van der Waals surface area contributed by atoms with Crippen LogP contribution >= 0.6 is 0 Å². The molecule has 0 spiro atoms. The molecule has 172 valence electrons. The molecule has 0 aromatic rings. The van der Waals surface area contributed by atoms with E-state index in [9.17, 15) is 9.59 Å². The Morgan fingerprint density at radius 3 is 1.52 bits per heavy atom. The molecule has 0 aromatic carbocycles. The van der Waals surface area contributed by atoms with Gasteiger partial charge in [0.15, 0.2) is 0 Å². The SMILES string of the molecule is CCCCCCCCCCCCCCCCCCC(=O)N[C@@H](CCCN)C(=O)O. The summed E-state index contributed by atoms with van der Waals surface area (Å²) < 4.78 is 0. The number of carbonyl (C=O) groups is 2. The Balaban J connectivity index is 3.36. The summed E-state index contributed by atoms with van der Waals surface area (Å²) in [5.41, 5.74) is 5.40. The van der Waals surface area contributed by atoms with Gasteiger partial charge in [0.2, 0.25) is 5.91 Å². The number of hydrogen-bond donors (Lipinski definition) is 3. The smallest absolute Gasteiger partial charge is 0.326 e. The molecular formula is C24H48N2O3. The van der Waals surface area contributed by atoms with Crippen molar-refractivity contribution in [3.05, 3.63) is 0 Å². The quantitative estimate of drug-likeness (QED) is 0.192. The van der Waals surface area contributed by atoms with Crippen molar-refractivity contribution in [3.63, 3.8) is 0 Å². The van der Waals surface area contributed by atoms with Crippen LogP contribution in [0.4, 0.5) is 0 Å². The Morgan fingerprint density at radius 1 is 0.724 bits per heavy atom. The third-order valence-electron chi connectivity index (χ3n) is 5.59. The first-order valence-electron chi connectivity index (χ1n) is 12.3. The zero-order chi connectivity index (χ0) is 21.6. The predicted octanol–water partition coefficient (Wildman–Crippen LogP) is 5.95. The van der Waals surface area contributed by atoms with Gasteiger partial charge in [-0.1, -0.05) is 103 Å².